The number of aliphatic carboxylic acids is 1. The second-order valence-corrected chi connectivity index (χ2v) is 15.6. The minimum Gasteiger partial charge on any atom is -0.477 e. The lowest BCUT2D eigenvalue weighted by atomic mass is 9.76. The number of hydrogen-bond acceptors (Lipinski definition) is 4. The van der Waals surface area contributed by atoms with Crippen LogP contribution in [0.25, 0.3) is 0 Å². The van der Waals surface area contributed by atoms with Crippen molar-refractivity contribution in [3.63, 3.8) is 0 Å². The van der Waals surface area contributed by atoms with Crippen LogP contribution in [0.2, 0.25) is 18.1 Å². The quantitative estimate of drug-likeness (QED) is 0.478. The van der Waals surface area contributed by atoms with E-state index in [1.165, 1.54) is 16.7 Å². The van der Waals surface area contributed by atoms with E-state index < -0.39 is 19.7 Å². The number of carbonyl (C=O) groups is 2. The van der Waals surface area contributed by atoms with E-state index in [0.29, 0.717) is 19.4 Å². The SMILES string of the molecule is CC(C)(C)[Si](C)(C)OCC[C@@]1(C)C(Sc2ccccc2)=C(C(=O)O)N2C(=O)C[C@@H]21. The summed E-state index contributed by atoms with van der Waals surface area (Å²) in [6.45, 7) is 13.7. The highest BCUT2D eigenvalue weighted by atomic mass is 32.2. The number of nitrogens with zero attached hydrogens (tertiary/aromatic N) is 1. The monoisotopic (exact) mass is 433 g/mol. The van der Waals surface area contributed by atoms with Crippen LogP contribution in [-0.2, 0) is 14.0 Å². The molecule has 0 saturated carbocycles. The van der Waals surface area contributed by atoms with Gasteiger partial charge in [0.1, 0.15) is 5.70 Å². The fourth-order valence-corrected chi connectivity index (χ4v) is 6.05. The summed E-state index contributed by atoms with van der Waals surface area (Å²) in [5.74, 6) is -1.14. The minimum absolute atomic E-state index is 0.102. The minimum atomic E-state index is -1.90. The van der Waals surface area contributed by atoms with Gasteiger partial charge in [-0.3, -0.25) is 4.79 Å². The third-order valence-electron chi connectivity index (χ3n) is 6.71. The number of β-lactam (4-membered cyclic amide) rings is 1. The van der Waals surface area contributed by atoms with E-state index in [1.54, 1.807) is 0 Å². The Morgan fingerprint density at radius 1 is 1.31 bits per heavy atom. The lowest BCUT2D eigenvalue weighted by Gasteiger charge is -2.44. The molecule has 1 aromatic carbocycles. The largest absolute Gasteiger partial charge is 0.477 e. The van der Waals surface area contributed by atoms with Crippen molar-refractivity contribution in [2.24, 2.45) is 5.41 Å². The first-order valence-electron chi connectivity index (χ1n) is 10.1. The molecule has 2 aliphatic rings. The number of amides is 1. The van der Waals surface area contributed by atoms with Gasteiger partial charge in [0.05, 0.1) is 6.04 Å². The molecule has 158 valence electrons. The van der Waals surface area contributed by atoms with Crippen LogP contribution in [0.3, 0.4) is 0 Å². The molecule has 0 aromatic heterocycles. The van der Waals surface area contributed by atoms with Crippen molar-refractivity contribution < 1.29 is 19.1 Å². The van der Waals surface area contributed by atoms with Crippen molar-refractivity contribution in [2.75, 3.05) is 6.61 Å². The van der Waals surface area contributed by atoms with Crippen LogP contribution in [0.1, 0.15) is 40.5 Å². The first-order chi connectivity index (χ1) is 13.4. The zero-order valence-electron chi connectivity index (χ0n) is 18.1. The third-order valence-corrected chi connectivity index (χ3v) is 12.6. The molecule has 0 bridgehead atoms. The molecule has 5 nitrogen and oxygen atoms in total. The highest BCUT2D eigenvalue weighted by Crippen LogP contribution is 2.58. The molecule has 7 heteroatoms. The molecule has 1 N–H and O–H groups in total. The van der Waals surface area contributed by atoms with Crippen LogP contribution in [0, 0.1) is 5.41 Å². The molecule has 1 fully saturated rings. The summed E-state index contributed by atoms with van der Waals surface area (Å²) in [4.78, 5) is 27.6. The van der Waals surface area contributed by atoms with E-state index in [0.717, 1.165) is 9.80 Å². The zero-order valence-corrected chi connectivity index (χ0v) is 19.9. The normalized spacial score (nSPS) is 24.6. The molecule has 3 rings (SSSR count). The summed E-state index contributed by atoms with van der Waals surface area (Å²) in [6, 6.07) is 9.67. The van der Waals surface area contributed by atoms with Crippen molar-refractivity contribution >= 4 is 32.0 Å². The fraction of sp³-hybridized carbons (Fsp3) is 0.545. The van der Waals surface area contributed by atoms with Gasteiger partial charge in [0, 0.05) is 28.2 Å². The molecule has 2 aliphatic heterocycles. The number of fused-ring (bicyclic) bond motifs is 1. The number of thioether (sulfide) groups is 1. The van der Waals surface area contributed by atoms with Gasteiger partial charge < -0.3 is 14.4 Å². The summed E-state index contributed by atoms with van der Waals surface area (Å²) in [6.07, 6.45) is 1.09. The lowest BCUT2D eigenvalue weighted by Crippen LogP contribution is -2.55. The van der Waals surface area contributed by atoms with E-state index in [1.807, 2.05) is 30.3 Å². The summed E-state index contributed by atoms with van der Waals surface area (Å²) in [5.41, 5.74) is -0.278. The molecule has 2 heterocycles. The van der Waals surface area contributed by atoms with Gasteiger partial charge in [0.2, 0.25) is 5.91 Å². The van der Waals surface area contributed by atoms with E-state index >= 15 is 0 Å². The second kappa shape index (κ2) is 7.60. The van der Waals surface area contributed by atoms with Crippen LogP contribution >= 0.6 is 11.8 Å². The highest BCUT2D eigenvalue weighted by Gasteiger charge is 2.59. The Balaban J connectivity index is 1.90. The fourth-order valence-electron chi connectivity index (χ4n) is 3.72. The maximum Gasteiger partial charge on any atom is 0.353 e. The van der Waals surface area contributed by atoms with Crippen LogP contribution in [0.5, 0.6) is 0 Å². The number of hydrogen-bond donors (Lipinski definition) is 1. The van der Waals surface area contributed by atoms with E-state index in [4.69, 9.17) is 4.43 Å². The Hall–Kier alpha value is -1.57. The van der Waals surface area contributed by atoms with Crippen molar-refractivity contribution in [3.8, 4) is 0 Å². The van der Waals surface area contributed by atoms with Crippen LogP contribution in [-0.4, -0.2) is 42.8 Å². The van der Waals surface area contributed by atoms with Crippen molar-refractivity contribution in [3.05, 3.63) is 40.9 Å². The average Bonchev–Trinajstić information content (AvgIpc) is 2.80. The van der Waals surface area contributed by atoms with Crippen LogP contribution < -0.4 is 0 Å². The molecular weight excluding hydrogens is 402 g/mol. The number of carbonyl (C=O) groups excluding carboxylic acids is 1. The van der Waals surface area contributed by atoms with Gasteiger partial charge in [-0.25, -0.2) is 4.79 Å². The van der Waals surface area contributed by atoms with E-state index in [9.17, 15) is 14.7 Å². The number of rotatable bonds is 7. The molecule has 29 heavy (non-hydrogen) atoms. The Kier molecular flexibility index (Phi) is 5.79. The maximum absolute atomic E-state index is 12.3. The summed E-state index contributed by atoms with van der Waals surface area (Å²) >= 11 is 1.47. The zero-order chi connectivity index (χ0) is 21.6. The highest BCUT2D eigenvalue weighted by molar-refractivity contribution is 8.03. The average molecular weight is 434 g/mol. The molecule has 1 amide bonds. The van der Waals surface area contributed by atoms with Crippen molar-refractivity contribution in [1.82, 2.24) is 4.90 Å². The lowest BCUT2D eigenvalue weighted by molar-refractivity contribution is -0.150. The Bertz CT molecular complexity index is 846. The molecule has 0 spiro atoms. The summed E-state index contributed by atoms with van der Waals surface area (Å²) in [7, 11) is -1.90. The molecule has 1 saturated heterocycles. The van der Waals surface area contributed by atoms with Gasteiger partial charge in [-0.15, -0.1) is 0 Å². The first kappa shape index (κ1) is 22.1. The predicted octanol–water partition coefficient (Wildman–Crippen LogP) is 5.11. The number of carboxylic acids is 1. The number of carboxylic acid groups (broad SMARTS) is 1. The molecular formula is C22H31NO4SSi. The van der Waals surface area contributed by atoms with Gasteiger partial charge >= 0.3 is 5.97 Å². The van der Waals surface area contributed by atoms with Gasteiger partial charge in [-0.1, -0.05) is 57.7 Å². The van der Waals surface area contributed by atoms with Crippen LogP contribution in [0.4, 0.5) is 0 Å². The Morgan fingerprint density at radius 2 is 1.93 bits per heavy atom. The van der Waals surface area contributed by atoms with Crippen LogP contribution in [0.15, 0.2) is 45.8 Å². The Labute approximate surface area is 178 Å². The van der Waals surface area contributed by atoms with E-state index in [2.05, 4.69) is 40.8 Å². The van der Waals surface area contributed by atoms with Gasteiger partial charge in [0.15, 0.2) is 8.32 Å². The second-order valence-electron chi connectivity index (χ2n) is 9.66. The Morgan fingerprint density at radius 3 is 2.45 bits per heavy atom. The topological polar surface area (TPSA) is 66.8 Å². The molecule has 1 aromatic rings. The van der Waals surface area contributed by atoms with Crippen molar-refractivity contribution in [1.29, 1.82) is 0 Å². The maximum atomic E-state index is 12.3. The predicted molar refractivity (Wildman–Crippen MR) is 118 cm³/mol. The molecule has 0 radical (unpaired) electrons. The smallest absolute Gasteiger partial charge is 0.353 e. The number of benzene rings is 1. The van der Waals surface area contributed by atoms with Crippen molar-refractivity contribution in [2.45, 2.75) is 69.6 Å². The molecule has 0 aliphatic carbocycles. The van der Waals surface area contributed by atoms with E-state index in [-0.39, 0.29) is 22.7 Å². The third kappa shape index (κ3) is 3.92. The van der Waals surface area contributed by atoms with Gasteiger partial charge in [-0.05, 0) is 36.7 Å². The standard InChI is InChI=1S/C22H31NO4SSi/c1-21(2,3)29(5,6)27-13-12-22(4)16-14-17(24)23(16)18(20(25)26)19(22)28-15-10-8-7-9-11-15/h7-11,16H,12-14H2,1-6H3,(H,25,26)/t16-,22-/m1/s1. The molecule has 2 atom stereocenters. The van der Waals surface area contributed by atoms with Gasteiger partial charge in [0.25, 0.3) is 0 Å². The molecule has 0 unspecified atom stereocenters. The summed E-state index contributed by atoms with van der Waals surface area (Å²) in [5, 5.41) is 10.0. The van der Waals surface area contributed by atoms with Gasteiger partial charge in [-0.2, -0.15) is 0 Å². The first-order valence-corrected chi connectivity index (χ1v) is 13.8. The summed E-state index contributed by atoms with van der Waals surface area (Å²) < 4.78 is 6.41.